The van der Waals surface area contributed by atoms with E-state index in [0.29, 0.717) is 0 Å². The quantitative estimate of drug-likeness (QED) is 0.433. The van der Waals surface area contributed by atoms with Gasteiger partial charge in [0.1, 0.15) is 0 Å². The minimum atomic E-state index is -0.789. The Morgan fingerprint density at radius 3 is 1.90 bits per heavy atom. The lowest BCUT2D eigenvalue weighted by atomic mass is 9.98. The van der Waals surface area contributed by atoms with Gasteiger partial charge in [-0.3, -0.25) is 19.4 Å². The molecule has 152 valence electrons. The molecule has 1 fully saturated rings. The monoisotopic (exact) mass is 419 g/mol. The molecule has 2 aromatic carbocycles. The second-order valence-corrected chi connectivity index (χ2v) is 8.14. The molecule has 0 aliphatic carbocycles. The summed E-state index contributed by atoms with van der Waals surface area (Å²) in [5.41, 5.74) is 2.07. The molecule has 0 saturated carbocycles. The average Bonchev–Trinajstić information content (AvgIpc) is 3.35. The topological polar surface area (TPSA) is 60.9 Å². The van der Waals surface area contributed by atoms with E-state index in [4.69, 9.17) is 0 Å². The molecule has 30 heavy (non-hydrogen) atoms. The molecule has 4 amide bonds. The van der Waals surface area contributed by atoms with E-state index in [2.05, 4.69) is 0 Å². The predicted molar refractivity (Wildman–Crippen MR) is 114 cm³/mol. The Bertz CT molecular complexity index is 999. The Balaban J connectivity index is 1.57. The molecule has 0 bridgehead atoms. The molecule has 4 rings (SSSR count). The van der Waals surface area contributed by atoms with Crippen molar-refractivity contribution in [1.82, 2.24) is 14.7 Å². The number of amides is 4. The zero-order chi connectivity index (χ0) is 21.1. The van der Waals surface area contributed by atoms with Crippen LogP contribution in [0.15, 0.2) is 78.2 Å². The third-order valence-electron chi connectivity index (χ3n) is 5.07. The van der Waals surface area contributed by atoms with Gasteiger partial charge in [0.15, 0.2) is 0 Å². The highest BCUT2D eigenvalue weighted by molar-refractivity contribution is 7.09. The van der Waals surface area contributed by atoms with Crippen LogP contribution >= 0.6 is 11.3 Å². The molecule has 1 aliphatic rings. The second kappa shape index (κ2) is 8.61. The molecule has 3 aromatic rings. The Kier molecular flexibility index (Phi) is 5.74. The van der Waals surface area contributed by atoms with Gasteiger partial charge in [-0.2, -0.15) is 0 Å². The van der Waals surface area contributed by atoms with Crippen molar-refractivity contribution >= 4 is 29.2 Å². The molecular formula is C23H21N3O3S. The summed E-state index contributed by atoms with van der Waals surface area (Å²) in [6, 6.07) is 22.7. The van der Waals surface area contributed by atoms with Gasteiger partial charge in [-0.1, -0.05) is 66.7 Å². The molecule has 0 radical (unpaired) electrons. The normalized spacial score (nSPS) is 14.4. The summed E-state index contributed by atoms with van der Waals surface area (Å²) in [7, 11) is 1.84. The van der Waals surface area contributed by atoms with Crippen molar-refractivity contribution in [3.8, 4) is 0 Å². The van der Waals surface area contributed by atoms with E-state index in [1.54, 1.807) is 0 Å². The van der Waals surface area contributed by atoms with Gasteiger partial charge in [-0.25, -0.2) is 9.69 Å². The highest BCUT2D eigenvalue weighted by atomic mass is 32.1. The Morgan fingerprint density at radius 1 is 0.800 bits per heavy atom. The van der Waals surface area contributed by atoms with E-state index in [0.717, 1.165) is 25.8 Å². The van der Waals surface area contributed by atoms with Crippen LogP contribution in [0.25, 0.3) is 0 Å². The van der Waals surface area contributed by atoms with E-state index < -0.39 is 17.8 Å². The number of nitrogens with zero attached hydrogens (tertiary/aromatic N) is 3. The van der Waals surface area contributed by atoms with Gasteiger partial charge >= 0.3 is 17.8 Å². The first-order valence-electron chi connectivity index (χ1n) is 9.56. The number of rotatable bonds is 7. The molecule has 2 heterocycles. The zero-order valence-electron chi connectivity index (χ0n) is 16.5. The summed E-state index contributed by atoms with van der Waals surface area (Å²) in [6.07, 6.45) is 0. The van der Waals surface area contributed by atoms with Crippen LogP contribution in [0.3, 0.4) is 0 Å². The molecule has 0 unspecified atom stereocenters. The minimum Gasteiger partial charge on any atom is -0.277 e. The van der Waals surface area contributed by atoms with Gasteiger partial charge in [0.2, 0.25) is 0 Å². The predicted octanol–water partition coefficient (Wildman–Crippen LogP) is 3.72. The van der Waals surface area contributed by atoms with Crippen LogP contribution < -0.4 is 0 Å². The summed E-state index contributed by atoms with van der Waals surface area (Å²) in [5, 5.41) is 1.87. The fraction of sp³-hybridized carbons (Fsp3) is 0.174. The van der Waals surface area contributed by atoms with Gasteiger partial charge in [0.25, 0.3) is 0 Å². The number of benzene rings is 2. The molecule has 0 N–H and O–H groups in total. The largest absolute Gasteiger partial charge is 0.335 e. The highest BCUT2D eigenvalue weighted by Crippen LogP contribution is 2.28. The summed E-state index contributed by atoms with van der Waals surface area (Å²) >= 11 is 1.44. The number of urea groups is 1. The second-order valence-electron chi connectivity index (χ2n) is 7.11. The van der Waals surface area contributed by atoms with Crippen LogP contribution in [0.5, 0.6) is 0 Å². The summed E-state index contributed by atoms with van der Waals surface area (Å²) in [5.74, 6) is -1.57. The molecule has 1 aromatic heterocycles. The number of carbonyl (C=O) groups is 3. The number of thiophene rings is 1. The summed E-state index contributed by atoms with van der Waals surface area (Å²) < 4.78 is 0. The number of imide groups is 2. The van der Waals surface area contributed by atoms with Gasteiger partial charge in [-0.15, -0.1) is 11.3 Å². The molecule has 0 atom stereocenters. The van der Waals surface area contributed by atoms with E-state index in [1.165, 1.54) is 11.3 Å². The van der Waals surface area contributed by atoms with Crippen molar-refractivity contribution in [2.45, 2.75) is 12.6 Å². The van der Waals surface area contributed by atoms with Crippen molar-refractivity contribution in [3.05, 3.63) is 94.2 Å². The average molecular weight is 420 g/mol. The molecule has 1 saturated heterocycles. The Morgan fingerprint density at radius 2 is 1.37 bits per heavy atom. The van der Waals surface area contributed by atoms with Crippen molar-refractivity contribution in [2.75, 3.05) is 13.7 Å². The van der Waals surface area contributed by atoms with Gasteiger partial charge in [0, 0.05) is 4.88 Å². The maximum atomic E-state index is 12.9. The van der Waals surface area contributed by atoms with E-state index in [-0.39, 0.29) is 19.3 Å². The van der Waals surface area contributed by atoms with Crippen LogP contribution in [-0.2, 0) is 16.1 Å². The van der Waals surface area contributed by atoms with Gasteiger partial charge in [0.05, 0.1) is 19.3 Å². The van der Waals surface area contributed by atoms with E-state index in [1.807, 2.05) is 90.1 Å². The Hall–Kier alpha value is -3.29. The van der Waals surface area contributed by atoms with Crippen molar-refractivity contribution in [1.29, 1.82) is 0 Å². The number of carbonyl (C=O) groups excluding carboxylic acids is 3. The van der Waals surface area contributed by atoms with Crippen LogP contribution in [0, 0.1) is 0 Å². The first-order chi connectivity index (χ1) is 14.6. The van der Waals surface area contributed by atoms with Crippen LogP contribution in [-0.4, -0.2) is 46.3 Å². The van der Waals surface area contributed by atoms with Gasteiger partial charge < -0.3 is 0 Å². The SMILES string of the molecule is CN(CN1C(=O)C(=O)N(Cc2cccs2)C1=O)C(c1ccccc1)c1ccccc1. The molecular weight excluding hydrogens is 398 g/mol. The van der Waals surface area contributed by atoms with Gasteiger partial charge in [-0.05, 0) is 29.6 Å². The fourth-order valence-electron chi connectivity index (χ4n) is 3.65. The third kappa shape index (κ3) is 3.90. The minimum absolute atomic E-state index is 0.0127. The van der Waals surface area contributed by atoms with Crippen molar-refractivity contribution < 1.29 is 14.4 Å². The summed E-state index contributed by atoms with van der Waals surface area (Å²) in [4.78, 5) is 42.7. The first kappa shape index (κ1) is 20.0. The van der Waals surface area contributed by atoms with E-state index in [9.17, 15) is 14.4 Å². The number of hydrogen-bond acceptors (Lipinski definition) is 5. The first-order valence-corrected chi connectivity index (χ1v) is 10.4. The number of hydrogen-bond donors (Lipinski definition) is 0. The highest BCUT2D eigenvalue weighted by Gasteiger charge is 2.45. The zero-order valence-corrected chi connectivity index (χ0v) is 17.3. The molecule has 0 spiro atoms. The fourth-order valence-corrected chi connectivity index (χ4v) is 4.34. The standard InChI is InChI=1S/C23H21N3O3S/c1-24(20(17-9-4-2-5-10-17)18-11-6-3-7-12-18)16-26-22(28)21(27)25(23(26)29)15-19-13-8-14-30-19/h2-14,20H,15-16H2,1H3. The van der Waals surface area contributed by atoms with E-state index >= 15 is 0 Å². The lowest BCUT2D eigenvalue weighted by Gasteiger charge is -2.31. The van der Waals surface area contributed by atoms with Crippen molar-refractivity contribution in [2.24, 2.45) is 0 Å². The smallest absolute Gasteiger partial charge is 0.277 e. The molecule has 1 aliphatic heterocycles. The maximum Gasteiger partial charge on any atom is 0.335 e. The molecule has 6 nitrogen and oxygen atoms in total. The van der Waals surface area contributed by atoms with Crippen molar-refractivity contribution in [3.63, 3.8) is 0 Å². The maximum absolute atomic E-state index is 12.9. The summed E-state index contributed by atoms with van der Waals surface area (Å²) in [6.45, 7) is 0.126. The lowest BCUT2D eigenvalue weighted by molar-refractivity contribution is -0.144. The Labute approximate surface area is 178 Å². The van der Waals surface area contributed by atoms with Crippen LogP contribution in [0.4, 0.5) is 4.79 Å². The van der Waals surface area contributed by atoms with Crippen LogP contribution in [0.1, 0.15) is 22.0 Å². The molecule has 7 heteroatoms. The van der Waals surface area contributed by atoms with Crippen LogP contribution in [0.2, 0.25) is 0 Å². The lowest BCUT2D eigenvalue weighted by Crippen LogP contribution is -2.42. The third-order valence-corrected chi connectivity index (χ3v) is 5.93.